The SMILES string of the molecule is CN1C(=O)C(c2ccc3ccccc3c2)C(c2ccncc2)NC1=NCC(=O)C(O)c1ccccc1. The van der Waals surface area contributed by atoms with E-state index in [1.54, 1.807) is 43.7 Å². The molecule has 1 aliphatic heterocycles. The van der Waals surface area contributed by atoms with Crippen LogP contribution in [-0.2, 0) is 9.59 Å². The van der Waals surface area contributed by atoms with Gasteiger partial charge in [0.1, 0.15) is 12.6 Å². The minimum atomic E-state index is -1.28. The highest BCUT2D eigenvalue weighted by Crippen LogP contribution is 2.36. The lowest BCUT2D eigenvalue weighted by atomic mass is 9.84. The van der Waals surface area contributed by atoms with Crippen molar-refractivity contribution in [3.05, 3.63) is 114 Å². The van der Waals surface area contributed by atoms with E-state index in [2.05, 4.69) is 15.3 Å². The molecule has 0 spiro atoms. The summed E-state index contributed by atoms with van der Waals surface area (Å²) in [6.07, 6.45) is 2.10. The quantitative estimate of drug-likeness (QED) is 0.440. The van der Waals surface area contributed by atoms with E-state index in [1.165, 1.54) is 4.90 Å². The minimum absolute atomic E-state index is 0.138. The van der Waals surface area contributed by atoms with Gasteiger partial charge in [-0.15, -0.1) is 0 Å². The molecule has 3 unspecified atom stereocenters. The van der Waals surface area contributed by atoms with Crippen molar-refractivity contribution >= 4 is 28.4 Å². The van der Waals surface area contributed by atoms with E-state index in [4.69, 9.17) is 0 Å². The van der Waals surface area contributed by atoms with E-state index in [-0.39, 0.29) is 18.4 Å². The van der Waals surface area contributed by atoms with E-state index in [1.807, 2.05) is 60.7 Å². The fourth-order valence-corrected chi connectivity index (χ4v) is 4.57. The summed E-state index contributed by atoms with van der Waals surface area (Å²) in [6.45, 7) is -0.264. The number of fused-ring (bicyclic) bond motifs is 1. The molecule has 7 nitrogen and oxygen atoms in total. The number of ketones is 1. The van der Waals surface area contributed by atoms with Gasteiger partial charge < -0.3 is 10.4 Å². The first kappa shape index (κ1) is 23.4. The standard InChI is InChI=1S/C29H26N4O3/c1-33-28(36)25(23-12-11-19-7-5-6-10-22(19)17-23)26(20-13-15-30-16-14-20)32-29(33)31-18-24(34)27(35)21-8-3-2-4-9-21/h2-17,25-27,35H,18H2,1H3,(H,31,32). The number of nitrogens with one attached hydrogen (secondary N) is 1. The van der Waals surface area contributed by atoms with Crippen LogP contribution >= 0.6 is 0 Å². The third-order valence-corrected chi connectivity index (χ3v) is 6.54. The Labute approximate surface area is 209 Å². The van der Waals surface area contributed by atoms with Crippen LogP contribution in [0.1, 0.15) is 34.8 Å². The van der Waals surface area contributed by atoms with Gasteiger partial charge in [-0.3, -0.25) is 19.5 Å². The number of benzene rings is 3. The van der Waals surface area contributed by atoms with Crippen LogP contribution in [0.4, 0.5) is 0 Å². The summed E-state index contributed by atoms with van der Waals surface area (Å²) in [5.41, 5.74) is 2.28. The largest absolute Gasteiger partial charge is 0.380 e. The minimum Gasteiger partial charge on any atom is -0.380 e. The maximum atomic E-state index is 13.7. The van der Waals surface area contributed by atoms with Crippen molar-refractivity contribution < 1.29 is 14.7 Å². The maximum absolute atomic E-state index is 13.7. The Morgan fingerprint density at radius 1 is 0.972 bits per heavy atom. The number of hydrogen-bond acceptors (Lipinski definition) is 5. The van der Waals surface area contributed by atoms with Crippen LogP contribution in [0.5, 0.6) is 0 Å². The van der Waals surface area contributed by atoms with Crippen molar-refractivity contribution in [3.8, 4) is 0 Å². The normalized spacial score (nSPS) is 19.8. The average Bonchev–Trinajstić information content (AvgIpc) is 2.93. The molecule has 3 aromatic carbocycles. The highest BCUT2D eigenvalue weighted by atomic mass is 16.3. The number of hydrogen-bond donors (Lipinski definition) is 2. The number of aliphatic imine (C=N–C) groups is 1. The lowest BCUT2D eigenvalue weighted by molar-refractivity contribution is -0.130. The molecule has 5 rings (SSSR count). The Hall–Kier alpha value is -4.36. The molecule has 0 bridgehead atoms. The summed E-state index contributed by atoms with van der Waals surface area (Å²) in [6, 6.07) is 26.1. The van der Waals surface area contributed by atoms with Crippen molar-refractivity contribution in [2.45, 2.75) is 18.1 Å². The van der Waals surface area contributed by atoms with Gasteiger partial charge in [0, 0.05) is 19.4 Å². The fraction of sp³-hybridized carbons (Fsp3) is 0.172. The molecule has 0 aliphatic carbocycles. The Balaban J connectivity index is 1.46. The maximum Gasteiger partial charge on any atom is 0.239 e. The number of amides is 1. The first-order valence-electron chi connectivity index (χ1n) is 11.8. The summed E-state index contributed by atoms with van der Waals surface area (Å²) >= 11 is 0. The second kappa shape index (κ2) is 10.1. The van der Waals surface area contributed by atoms with Crippen LogP contribution in [-0.4, -0.2) is 46.2 Å². The van der Waals surface area contributed by atoms with Crippen molar-refractivity contribution in [1.82, 2.24) is 15.2 Å². The number of nitrogens with zero attached hydrogens (tertiary/aromatic N) is 3. The number of pyridine rings is 1. The molecule has 1 fully saturated rings. The first-order chi connectivity index (χ1) is 17.5. The molecule has 1 amide bonds. The van der Waals surface area contributed by atoms with Crippen LogP contribution < -0.4 is 5.32 Å². The molecular weight excluding hydrogens is 452 g/mol. The first-order valence-corrected chi connectivity index (χ1v) is 11.8. The second-order valence-corrected chi connectivity index (χ2v) is 8.80. The molecule has 7 heteroatoms. The number of guanidine groups is 1. The van der Waals surface area contributed by atoms with Crippen LogP contribution in [0.3, 0.4) is 0 Å². The second-order valence-electron chi connectivity index (χ2n) is 8.80. The topological polar surface area (TPSA) is 94.9 Å². The van der Waals surface area contributed by atoms with Gasteiger partial charge in [-0.25, -0.2) is 4.99 Å². The van der Waals surface area contributed by atoms with Crippen molar-refractivity contribution in [2.24, 2.45) is 4.99 Å². The molecule has 180 valence electrons. The number of aliphatic hydroxyl groups is 1. The summed E-state index contributed by atoms with van der Waals surface area (Å²) < 4.78 is 0. The van der Waals surface area contributed by atoms with Gasteiger partial charge in [0.2, 0.25) is 11.9 Å². The lowest BCUT2D eigenvalue weighted by Gasteiger charge is -2.38. The van der Waals surface area contributed by atoms with E-state index < -0.39 is 23.8 Å². The predicted octanol–water partition coefficient (Wildman–Crippen LogP) is 3.78. The Bertz CT molecular complexity index is 1420. The molecule has 1 aliphatic rings. The third-order valence-electron chi connectivity index (χ3n) is 6.54. The van der Waals surface area contributed by atoms with Gasteiger partial charge in [0.25, 0.3) is 0 Å². The van der Waals surface area contributed by atoms with E-state index in [0.29, 0.717) is 5.56 Å². The smallest absolute Gasteiger partial charge is 0.239 e. The van der Waals surface area contributed by atoms with Crippen LogP contribution in [0, 0.1) is 0 Å². The molecule has 36 heavy (non-hydrogen) atoms. The summed E-state index contributed by atoms with van der Waals surface area (Å²) in [7, 11) is 1.64. The van der Waals surface area contributed by atoms with Crippen molar-refractivity contribution in [2.75, 3.05) is 13.6 Å². The Morgan fingerprint density at radius 2 is 1.67 bits per heavy atom. The molecule has 4 aromatic rings. The predicted molar refractivity (Wildman–Crippen MR) is 138 cm³/mol. The number of Topliss-reactive ketones (excluding diaryl/α,β-unsaturated/α-hetero) is 1. The summed E-state index contributed by atoms with van der Waals surface area (Å²) in [5, 5.41) is 15.9. The van der Waals surface area contributed by atoms with Crippen LogP contribution in [0.15, 0.2) is 102 Å². The zero-order valence-corrected chi connectivity index (χ0v) is 19.8. The van der Waals surface area contributed by atoms with Crippen molar-refractivity contribution in [1.29, 1.82) is 0 Å². The Kier molecular flexibility index (Phi) is 6.56. The van der Waals surface area contributed by atoms with Gasteiger partial charge in [-0.05, 0) is 39.6 Å². The number of aliphatic hydroxyl groups excluding tert-OH is 1. The van der Waals surface area contributed by atoms with Gasteiger partial charge in [-0.2, -0.15) is 0 Å². The number of rotatable bonds is 6. The average molecular weight is 479 g/mol. The summed E-state index contributed by atoms with van der Waals surface area (Å²) in [5.74, 6) is -0.812. The van der Waals surface area contributed by atoms with E-state index in [0.717, 1.165) is 21.9 Å². The molecular formula is C29H26N4O3. The van der Waals surface area contributed by atoms with Gasteiger partial charge in [-0.1, -0.05) is 72.8 Å². The summed E-state index contributed by atoms with van der Waals surface area (Å²) in [4.78, 5) is 36.3. The zero-order chi connectivity index (χ0) is 25.1. The van der Waals surface area contributed by atoms with Crippen LogP contribution in [0.2, 0.25) is 0 Å². The highest BCUT2D eigenvalue weighted by Gasteiger charge is 2.40. The molecule has 1 saturated heterocycles. The molecule has 0 saturated carbocycles. The number of carbonyl (C=O) groups excluding carboxylic acids is 2. The molecule has 2 heterocycles. The molecule has 3 atom stereocenters. The molecule has 2 N–H and O–H groups in total. The zero-order valence-electron chi connectivity index (χ0n) is 19.8. The van der Waals surface area contributed by atoms with Gasteiger partial charge in [0.05, 0.1) is 12.0 Å². The van der Waals surface area contributed by atoms with Crippen molar-refractivity contribution in [3.63, 3.8) is 0 Å². The van der Waals surface area contributed by atoms with Gasteiger partial charge >= 0.3 is 0 Å². The lowest BCUT2D eigenvalue weighted by Crippen LogP contribution is -2.54. The Morgan fingerprint density at radius 3 is 2.42 bits per heavy atom. The van der Waals surface area contributed by atoms with Crippen LogP contribution in [0.25, 0.3) is 10.8 Å². The number of likely N-dealkylation sites (N-methyl/N-ethyl adjacent to an activating group) is 1. The molecule has 0 radical (unpaired) electrons. The van der Waals surface area contributed by atoms with E-state index >= 15 is 0 Å². The number of carbonyl (C=O) groups is 2. The van der Waals surface area contributed by atoms with E-state index in [9.17, 15) is 14.7 Å². The highest BCUT2D eigenvalue weighted by molar-refractivity contribution is 6.04. The number of aromatic nitrogens is 1. The van der Waals surface area contributed by atoms with Gasteiger partial charge in [0.15, 0.2) is 5.78 Å². The molecule has 1 aromatic heterocycles. The third kappa shape index (κ3) is 4.61. The fourth-order valence-electron chi connectivity index (χ4n) is 4.57. The monoisotopic (exact) mass is 478 g/mol.